The van der Waals surface area contributed by atoms with Crippen molar-refractivity contribution >= 4 is 50.7 Å². The number of nitrogens with one attached hydrogen (secondary N) is 1. The molecule has 2 rings (SSSR count). The van der Waals surface area contributed by atoms with Crippen LogP contribution in [0.25, 0.3) is 0 Å². The van der Waals surface area contributed by atoms with Gasteiger partial charge in [0, 0.05) is 25.0 Å². The maximum absolute atomic E-state index is 13.5. The Labute approximate surface area is 229 Å². The molecule has 2 aromatic rings. The summed E-state index contributed by atoms with van der Waals surface area (Å²) < 4.78 is 39.2. The van der Waals surface area contributed by atoms with Crippen LogP contribution in [0.15, 0.2) is 42.5 Å². The standard InChI is InChI=1S/C26H34Cl2FN3O4S/c1-6-23(25(34)30-26(2,3)4)31(17-18-9-14-21(27)22(28)16-18)24(33)8-7-15-32(37(5,35)36)20-12-10-19(29)11-13-20/h9-14,16,23H,6-8,15,17H2,1-5H3,(H,30,34)/t23-/m0/s1. The SMILES string of the molecule is CC[C@@H](C(=O)NC(C)(C)C)N(Cc1ccc(Cl)c(Cl)c1)C(=O)CCCN(c1ccc(F)cc1)S(C)(=O)=O. The molecule has 2 aromatic carbocycles. The molecule has 204 valence electrons. The largest absolute Gasteiger partial charge is 0.350 e. The summed E-state index contributed by atoms with van der Waals surface area (Å²) in [4.78, 5) is 28.0. The maximum atomic E-state index is 13.5. The highest BCUT2D eigenvalue weighted by Gasteiger charge is 2.31. The van der Waals surface area contributed by atoms with E-state index in [1.165, 1.54) is 29.2 Å². The number of halogens is 3. The van der Waals surface area contributed by atoms with Crippen LogP contribution in [0.4, 0.5) is 10.1 Å². The Morgan fingerprint density at radius 2 is 1.68 bits per heavy atom. The van der Waals surface area contributed by atoms with E-state index in [-0.39, 0.29) is 37.7 Å². The van der Waals surface area contributed by atoms with E-state index < -0.39 is 27.4 Å². The number of sulfonamides is 1. The zero-order valence-electron chi connectivity index (χ0n) is 21.7. The highest BCUT2D eigenvalue weighted by Crippen LogP contribution is 2.25. The zero-order valence-corrected chi connectivity index (χ0v) is 24.1. The molecule has 0 heterocycles. The van der Waals surface area contributed by atoms with E-state index in [0.717, 1.165) is 10.6 Å². The Bertz CT molecular complexity index is 1200. The van der Waals surface area contributed by atoms with Crippen LogP contribution >= 0.6 is 23.2 Å². The summed E-state index contributed by atoms with van der Waals surface area (Å²) in [5, 5.41) is 3.65. The van der Waals surface area contributed by atoms with Gasteiger partial charge in [-0.05, 0) is 75.6 Å². The second kappa shape index (κ2) is 12.9. The van der Waals surface area contributed by atoms with Crippen LogP contribution in [-0.4, -0.2) is 49.5 Å². The molecule has 0 aliphatic rings. The first-order valence-electron chi connectivity index (χ1n) is 11.9. The van der Waals surface area contributed by atoms with Crippen molar-refractivity contribution in [2.75, 3.05) is 17.1 Å². The molecule has 0 aliphatic carbocycles. The van der Waals surface area contributed by atoms with Gasteiger partial charge in [-0.15, -0.1) is 0 Å². The monoisotopic (exact) mass is 573 g/mol. The van der Waals surface area contributed by atoms with E-state index in [1.54, 1.807) is 18.2 Å². The molecule has 0 radical (unpaired) electrons. The van der Waals surface area contributed by atoms with E-state index in [2.05, 4.69) is 5.32 Å². The normalized spacial score (nSPS) is 12.6. The van der Waals surface area contributed by atoms with Crippen LogP contribution in [-0.2, 0) is 26.2 Å². The highest BCUT2D eigenvalue weighted by atomic mass is 35.5. The summed E-state index contributed by atoms with van der Waals surface area (Å²) in [6.07, 6.45) is 1.62. The lowest BCUT2D eigenvalue weighted by Crippen LogP contribution is -2.53. The van der Waals surface area contributed by atoms with Crippen molar-refractivity contribution in [1.29, 1.82) is 0 Å². The minimum Gasteiger partial charge on any atom is -0.350 e. The van der Waals surface area contributed by atoms with Gasteiger partial charge in [-0.2, -0.15) is 0 Å². The summed E-state index contributed by atoms with van der Waals surface area (Å²) in [5.41, 5.74) is 0.516. The predicted molar refractivity (Wildman–Crippen MR) is 147 cm³/mol. The number of hydrogen-bond donors (Lipinski definition) is 1. The topological polar surface area (TPSA) is 86.8 Å². The fourth-order valence-corrected chi connectivity index (χ4v) is 5.10. The van der Waals surface area contributed by atoms with Gasteiger partial charge in [0.1, 0.15) is 11.9 Å². The first-order valence-corrected chi connectivity index (χ1v) is 14.5. The Hall–Kier alpha value is -2.36. The van der Waals surface area contributed by atoms with E-state index >= 15 is 0 Å². The number of carbonyl (C=O) groups is 2. The quantitative estimate of drug-likeness (QED) is 0.390. The number of rotatable bonds is 11. The van der Waals surface area contributed by atoms with E-state index in [9.17, 15) is 22.4 Å². The lowest BCUT2D eigenvalue weighted by atomic mass is 10.0. The van der Waals surface area contributed by atoms with Crippen molar-refractivity contribution in [2.24, 2.45) is 0 Å². The second-order valence-corrected chi connectivity index (χ2v) is 12.6. The minimum atomic E-state index is -3.67. The van der Waals surface area contributed by atoms with Gasteiger partial charge in [0.15, 0.2) is 0 Å². The van der Waals surface area contributed by atoms with Crippen LogP contribution in [0.5, 0.6) is 0 Å². The molecule has 1 atom stereocenters. The van der Waals surface area contributed by atoms with E-state index in [1.807, 2.05) is 27.7 Å². The number of hydrogen-bond acceptors (Lipinski definition) is 4. The number of anilines is 1. The van der Waals surface area contributed by atoms with Crippen molar-refractivity contribution in [3.63, 3.8) is 0 Å². The van der Waals surface area contributed by atoms with Crippen LogP contribution in [0.1, 0.15) is 52.5 Å². The Morgan fingerprint density at radius 1 is 1.05 bits per heavy atom. The van der Waals surface area contributed by atoms with Gasteiger partial charge >= 0.3 is 0 Å². The average molecular weight is 575 g/mol. The maximum Gasteiger partial charge on any atom is 0.243 e. The van der Waals surface area contributed by atoms with Crippen molar-refractivity contribution in [3.8, 4) is 0 Å². The lowest BCUT2D eigenvalue weighted by Gasteiger charge is -2.33. The van der Waals surface area contributed by atoms with Crippen LogP contribution in [0, 0.1) is 5.82 Å². The first kappa shape index (κ1) is 30.9. The summed E-state index contributed by atoms with van der Waals surface area (Å²) in [6, 6.07) is 9.38. The highest BCUT2D eigenvalue weighted by molar-refractivity contribution is 7.92. The number of benzene rings is 2. The minimum absolute atomic E-state index is 0.00612. The number of carbonyl (C=O) groups excluding carboxylic acids is 2. The van der Waals surface area contributed by atoms with Crippen molar-refractivity contribution in [1.82, 2.24) is 10.2 Å². The van der Waals surface area contributed by atoms with Gasteiger partial charge in [-0.3, -0.25) is 13.9 Å². The summed E-state index contributed by atoms with van der Waals surface area (Å²) in [5.74, 6) is -1.08. The summed E-state index contributed by atoms with van der Waals surface area (Å²) in [6.45, 7) is 7.54. The summed E-state index contributed by atoms with van der Waals surface area (Å²) >= 11 is 12.2. The van der Waals surface area contributed by atoms with E-state index in [0.29, 0.717) is 27.7 Å². The van der Waals surface area contributed by atoms with Gasteiger partial charge in [0.25, 0.3) is 0 Å². The smallest absolute Gasteiger partial charge is 0.243 e. The molecule has 1 N–H and O–H groups in total. The third kappa shape index (κ3) is 9.47. The van der Waals surface area contributed by atoms with Gasteiger partial charge in [0.2, 0.25) is 21.8 Å². The number of nitrogens with zero attached hydrogens (tertiary/aromatic N) is 2. The first-order chi connectivity index (χ1) is 17.1. The molecule has 0 unspecified atom stereocenters. The molecule has 0 fully saturated rings. The molecule has 0 bridgehead atoms. The Balaban J connectivity index is 2.26. The van der Waals surface area contributed by atoms with Crippen molar-refractivity contribution in [2.45, 2.75) is 65.1 Å². The van der Waals surface area contributed by atoms with Crippen LogP contribution < -0.4 is 9.62 Å². The van der Waals surface area contributed by atoms with Gasteiger partial charge in [-0.1, -0.05) is 36.2 Å². The predicted octanol–water partition coefficient (Wildman–Crippen LogP) is 5.40. The van der Waals surface area contributed by atoms with Crippen molar-refractivity contribution < 1.29 is 22.4 Å². The van der Waals surface area contributed by atoms with Crippen LogP contribution in [0.2, 0.25) is 10.0 Å². The molecular weight excluding hydrogens is 540 g/mol. The third-order valence-electron chi connectivity index (χ3n) is 5.49. The molecule has 7 nitrogen and oxygen atoms in total. The Kier molecular flexibility index (Phi) is 10.8. The lowest BCUT2D eigenvalue weighted by molar-refractivity contribution is -0.142. The molecule has 0 saturated heterocycles. The molecule has 0 aliphatic heterocycles. The molecule has 11 heteroatoms. The Morgan fingerprint density at radius 3 is 2.19 bits per heavy atom. The fraction of sp³-hybridized carbons (Fsp3) is 0.462. The molecule has 0 spiro atoms. The number of amides is 2. The van der Waals surface area contributed by atoms with Gasteiger partial charge in [0.05, 0.1) is 22.0 Å². The van der Waals surface area contributed by atoms with Gasteiger partial charge < -0.3 is 10.2 Å². The van der Waals surface area contributed by atoms with E-state index in [4.69, 9.17) is 23.2 Å². The molecule has 0 aromatic heterocycles. The molecule has 0 saturated carbocycles. The third-order valence-corrected chi connectivity index (χ3v) is 7.42. The fourth-order valence-electron chi connectivity index (χ4n) is 3.82. The molecular formula is C26H34Cl2FN3O4S. The van der Waals surface area contributed by atoms with Gasteiger partial charge in [-0.25, -0.2) is 12.8 Å². The average Bonchev–Trinajstić information content (AvgIpc) is 2.77. The second-order valence-electron chi connectivity index (χ2n) is 9.85. The zero-order chi connectivity index (χ0) is 28.0. The van der Waals surface area contributed by atoms with Crippen molar-refractivity contribution in [3.05, 3.63) is 63.9 Å². The molecule has 2 amide bonds. The molecule has 37 heavy (non-hydrogen) atoms. The van der Waals surface area contributed by atoms with Crippen LogP contribution in [0.3, 0.4) is 0 Å². The summed E-state index contributed by atoms with van der Waals surface area (Å²) in [7, 11) is -3.67.